The van der Waals surface area contributed by atoms with Crippen LogP contribution in [0.5, 0.6) is 0 Å². The van der Waals surface area contributed by atoms with Gasteiger partial charge < -0.3 is 14.8 Å². The van der Waals surface area contributed by atoms with Gasteiger partial charge in [-0.3, -0.25) is 9.59 Å². The molecule has 158 valence electrons. The zero-order valence-electron chi connectivity index (χ0n) is 17.1. The van der Waals surface area contributed by atoms with E-state index in [1.54, 1.807) is 13.0 Å². The van der Waals surface area contributed by atoms with Gasteiger partial charge in [0.25, 0.3) is 17.2 Å². The number of hydrogen-bond acceptors (Lipinski definition) is 6. The number of halogens is 1. The average Bonchev–Trinajstić information content (AvgIpc) is 3.15. The average molecular weight is 429 g/mol. The minimum Gasteiger partial charge on any atom is -0.335 e. The molecule has 0 aliphatic carbocycles. The summed E-state index contributed by atoms with van der Waals surface area (Å²) in [6.45, 7) is 3.66. The van der Waals surface area contributed by atoms with Gasteiger partial charge in [0.1, 0.15) is 5.82 Å². The second-order valence-electron chi connectivity index (χ2n) is 7.40. The van der Waals surface area contributed by atoms with Gasteiger partial charge in [-0.05, 0) is 26.0 Å². The first kappa shape index (κ1) is 19.6. The van der Waals surface area contributed by atoms with Crippen LogP contribution in [0.3, 0.4) is 0 Å². The number of aromatic nitrogens is 4. The number of amides is 1. The summed E-state index contributed by atoms with van der Waals surface area (Å²) in [5.41, 5.74) is 2.90. The molecule has 0 aliphatic rings. The van der Waals surface area contributed by atoms with E-state index in [9.17, 15) is 14.0 Å². The van der Waals surface area contributed by atoms with Crippen molar-refractivity contribution in [3.8, 4) is 11.3 Å². The third-order valence-corrected chi connectivity index (χ3v) is 5.19. The van der Waals surface area contributed by atoms with E-state index >= 15 is 0 Å². The summed E-state index contributed by atoms with van der Waals surface area (Å²) in [6.07, 6.45) is 1.19. The van der Waals surface area contributed by atoms with Crippen molar-refractivity contribution >= 4 is 33.6 Å². The monoisotopic (exact) mass is 429 g/mol. The van der Waals surface area contributed by atoms with Crippen LogP contribution in [0.4, 0.5) is 10.1 Å². The van der Waals surface area contributed by atoms with Gasteiger partial charge in [-0.25, -0.2) is 14.4 Å². The van der Waals surface area contributed by atoms with Crippen LogP contribution in [0.2, 0.25) is 0 Å². The number of nitrogens with one attached hydrogen (secondary N) is 2. The Balaban J connectivity index is 1.62. The van der Waals surface area contributed by atoms with Crippen LogP contribution < -0.4 is 10.9 Å². The Morgan fingerprint density at radius 3 is 2.69 bits per heavy atom. The quantitative estimate of drug-likeness (QED) is 0.446. The van der Waals surface area contributed by atoms with Crippen molar-refractivity contribution in [1.82, 2.24) is 20.1 Å². The molecule has 5 aromatic rings. The van der Waals surface area contributed by atoms with E-state index in [1.807, 2.05) is 31.2 Å². The lowest BCUT2D eigenvalue weighted by Crippen LogP contribution is -2.15. The van der Waals surface area contributed by atoms with Crippen LogP contribution in [0.25, 0.3) is 33.3 Å². The summed E-state index contributed by atoms with van der Waals surface area (Å²) >= 11 is 0. The van der Waals surface area contributed by atoms with Crippen molar-refractivity contribution in [1.29, 1.82) is 0 Å². The van der Waals surface area contributed by atoms with Gasteiger partial charge in [0.05, 0.1) is 45.3 Å². The number of anilines is 1. The van der Waals surface area contributed by atoms with Crippen molar-refractivity contribution in [3.05, 3.63) is 81.8 Å². The van der Waals surface area contributed by atoms with Crippen LogP contribution in [-0.4, -0.2) is 26.0 Å². The highest BCUT2D eigenvalue weighted by Gasteiger charge is 2.21. The van der Waals surface area contributed by atoms with Gasteiger partial charge in [0.2, 0.25) is 0 Å². The third kappa shape index (κ3) is 3.29. The Bertz CT molecular complexity index is 1570. The van der Waals surface area contributed by atoms with Gasteiger partial charge in [-0.15, -0.1) is 0 Å². The second-order valence-corrected chi connectivity index (χ2v) is 7.40. The molecular weight excluding hydrogens is 413 g/mol. The standard InChI is InChI=1S/C23H16FN5O3/c1-11-3-5-13(6-4-11)17-8-15(20-12(2)29-32-23(20)28-17)22(31)27-19-7-14-18(9-16(19)24)25-10-26-21(14)30/h3-10H,1-2H3,(H,27,31)(H,25,26,30). The molecule has 0 spiro atoms. The number of aromatic amines is 1. The highest BCUT2D eigenvalue weighted by molar-refractivity contribution is 6.13. The van der Waals surface area contributed by atoms with Crippen molar-refractivity contribution in [2.24, 2.45) is 0 Å². The highest BCUT2D eigenvalue weighted by Crippen LogP contribution is 2.28. The Morgan fingerprint density at radius 1 is 1.12 bits per heavy atom. The molecule has 5 rings (SSSR count). The van der Waals surface area contributed by atoms with E-state index in [4.69, 9.17) is 4.52 Å². The molecule has 32 heavy (non-hydrogen) atoms. The maximum Gasteiger partial charge on any atom is 0.259 e. The SMILES string of the molecule is Cc1ccc(-c2cc(C(=O)Nc3cc4c(=O)[nH]cnc4cc3F)c3c(C)noc3n2)cc1. The Labute approximate surface area is 180 Å². The number of H-pyrrole nitrogens is 1. The van der Waals surface area contributed by atoms with Gasteiger partial charge in [-0.1, -0.05) is 35.0 Å². The molecule has 0 aliphatic heterocycles. The number of hydrogen-bond donors (Lipinski definition) is 2. The zero-order valence-corrected chi connectivity index (χ0v) is 17.1. The molecule has 9 heteroatoms. The number of carbonyl (C=O) groups excluding carboxylic acids is 1. The van der Waals surface area contributed by atoms with E-state index in [0.29, 0.717) is 16.8 Å². The fourth-order valence-corrected chi connectivity index (χ4v) is 3.52. The first-order valence-corrected chi connectivity index (χ1v) is 9.73. The molecule has 0 radical (unpaired) electrons. The Morgan fingerprint density at radius 2 is 1.91 bits per heavy atom. The van der Waals surface area contributed by atoms with Crippen molar-refractivity contribution < 1.29 is 13.7 Å². The van der Waals surface area contributed by atoms with Gasteiger partial charge >= 0.3 is 0 Å². The zero-order chi connectivity index (χ0) is 22.4. The number of nitrogens with zero attached hydrogens (tertiary/aromatic N) is 3. The highest BCUT2D eigenvalue weighted by atomic mass is 19.1. The maximum atomic E-state index is 14.6. The van der Waals surface area contributed by atoms with Crippen molar-refractivity contribution in [2.75, 3.05) is 5.32 Å². The molecule has 0 unspecified atom stereocenters. The summed E-state index contributed by atoms with van der Waals surface area (Å²) in [5.74, 6) is -1.30. The number of fused-ring (bicyclic) bond motifs is 2. The summed E-state index contributed by atoms with van der Waals surface area (Å²) < 4.78 is 19.9. The fourth-order valence-electron chi connectivity index (χ4n) is 3.52. The molecule has 2 aromatic carbocycles. The topological polar surface area (TPSA) is 114 Å². The molecule has 8 nitrogen and oxygen atoms in total. The lowest BCUT2D eigenvalue weighted by atomic mass is 10.0. The summed E-state index contributed by atoms with van der Waals surface area (Å²) in [5, 5.41) is 7.06. The Hall–Kier alpha value is -4.40. The first-order chi connectivity index (χ1) is 15.4. The summed E-state index contributed by atoms with van der Waals surface area (Å²) in [7, 11) is 0. The minimum atomic E-state index is -0.713. The number of benzene rings is 2. The van der Waals surface area contributed by atoms with Gasteiger partial charge in [-0.2, -0.15) is 0 Å². The molecule has 0 bridgehead atoms. The van der Waals surface area contributed by atoms with Crippen LogP contribution in [-0.2, 0) is 0 Å². The van der Waals surface area contributed by atoms with E-state index in [0.717, 1.165) is 17.2 Å². The minimum absolute atomic E-state index is 0.142. The van der Waals surface area contributed by atoms with Crippen LogP contribution in [0.15, 0.2) is 58.1 Å². The van der Waals surface area contributed by atoms with Crippen LogP contribution >= 0.6 is 0 Å². The van der Waals surface area contributed by atoms with Crippen LogP contribution in [0.1, 0.15) is 21.6 Å². The third-order valence-electron chi connectivity index (χ3n) is 5.19. The molecule has 0 saturated heterocycles. The molecule has 3 aromatic heterocycles. The largest absolute Gasteiger partial charge is 0.335 e. The van der Waals surface area contributed by atoms with Gasteiger partial charge in [0.15, 0.2) is 0 Å². The van der Waals surface area contributed by atoms with E-state index in [2.05, 4.69) is 25.4 Å². The maximum absolute atomic E-state index is 14.6. The second kappa shape index (κ2) is 7.38. The molecule has 0 fully saturated rings. The van der Waals surface area contributed by atoms with Crippen LogP contribution in [0, 0.1) is 19.7 Å². The lowest BCUT2D eigenvalue weighted by molar-refractivity contribution is 0.102. The predicted octanol–water partition coefficient (Wildman–Crippen LogP) is 4.13. The normalized spacial score (nSPS) is 11.2. The molecule has 0 atom stereocenters. The van der Waals surface area contributed by atoms with Gasteiger partial charge in [0, 0.05) is 11.6 Å². The van der Waals surface area contributed by atoms with Crippen molar-refractivity contribution in [2.45, 2.75) is 13.8 Å². The molecule has 0 saturated carbocycles. The van der Waals surface area contributed by atoms with Crippen molar-refractivity contribution in [3.63, 3.8) is 0 Å². The molecule has 3 heterocycles. The van der Waals surface area contributed by atoms with E-state index in [1.165, 1.54) is 12.4 Å². The molecule has 2 N–H and O–H groups in total. The predicted molar refractivity (Wildman–Crippen MR) is 117 cm³/mol. The number of aryl methyl sites for hydroxylation is 2. The van der Waals surface area contributed by atoms with E-state index in [-0.39, 0.29) is 27.9 Å². The summed E-state index contributed by atoms with van der Waals surface area (Å²) in [6, 6.07) is 11.6. The molecule has 1 amide bonds. The number of carbonyl (C=O) groups is 1. The summed E-state index contributed by atoms with van der Waals surface area (Å²) in [4.78, 5) is 36.1. The first-order valence-electron chi connectivity index (χ1n) is 9.73. The fraction of sp³-hybridized carbons (Fsp3) is 0.0870. The lowest BCUT2D eigenvalue weighted by Gasteiger charge is -2.10. The van der Waals surface area contributed by atoms with E-state index < -0.39 is 17.3 Å². The number of pyridine rings is 1. The Kier molecular flexibility index (Phi) is 4.51. The molecular formula is C23H16FN5O3. The smallest absolute Gasteiger partial charge is 0.259 e. The number of rotatable bonds is 3.